The van der Waals surface area contributed by atoms with Gasteiger partial charge in [-0.2, -0.15) is 0 Å². The highest BCUT2D eigenvalue weighted by atomic mass is 16.3. The summed E-state index contributed by atoms with van der Waals surface area (Å²) in [5.74, 6) is 4.13. The van der Waals surface area contributed by atoms with Crippen LogP contribution in [0, 0.1) is 46.3 Å². The average Bonchev–Trinajstić information content (AvgIpc) is 3.01. The van der Waals surface area contributed by atoms with Crippen molar-refractivity contribution in [2.45, 2.75) is 123 Å². The van der Waals surface area contributed by atoms with Crippen LogP contribution < -0.4 is 0 Å². The molecule has 0 aromatic rings. The summed E-state index contributed by atoms with van der Waals surface area (Å²) in [5, 5.41) is 33.0. The van der Waals surface area contributed by atoms with E-state index in [2.05, 4.69) is 34.6 Å². The minimum Gasteiger partial charge on any atom is -0.393 e. The van der Waals surface area contributed by atoms with Gasteiger partial charge in [0.1, 0.15) is 0 Å². The van der Waals surface area contributed by atoms with E-state index in [1.165, 1.54) is 44.9 Å². The van der Waals surface area contributed by atoms with E-state index in [9.17, 15) is 15.3 Å². The number of hydrogen-bond donors (Lipinski definition) is 3. The van der Waals surface area contributed by atoms with Crippen molar-refractivity contribution in [3.63, 3.8) is 0 Å². The Balaban J connectivity index is 1.53. The van der Waals surface area contributed by atoms with E-state index in [0.29, 0.717) is 29.6 Å². The molecule has 4 fully saturated rings. The molecule has 10 atom stereocenters. The number of aliphatic hydroxyl groups excluding tert-OH is 2. The monoisotopic (exact) mass is 420 g/mol. The molecule has 0 aliphatic heterocycles. The van der Waals surface area contributed by atoms with E-state index in [1.807, 2.05) is 0 Å². The van der Waals surface area contributed by atoms with E-state index in [1.54, 1.807) is 0 Å². The molecule has 3 N–H and O–H groups in total. The predicted molar refractivity (Wildman–Crippen MR) is 122 cm³/mol. The quantitative estimate of drug-likeness (QED) is 0.546. The molecule has 4 aliphatic carbocycles. The molecule has 0 aromatic carbocycles. The maximum atomic E-state index is 11.6. The second kappa shape index (κ2) is 8.03. The van der Waals surface area contributed by atoms with Crippen LogP contribution in [0.15, 0.2) is 0 Å². The molecule has 0 saturated heterocycles. The molecule has 174 valence electrons. The predicted octanol–water partition coefficient (Wildman–Crippen LogP) is 5.55. The Morgan fingerprint density at radius 3 is 2.33 bits per heavy atom. The van der Waals surface area contributed by atoms with Crippen molar-refractivity contribution in [1.82, 2.24) is 0 Å². The third kappa shape index (κ3) is 3.41. The average molecular weight is 421 g/mol. The molecule has 0 heterocycles. The van der Waals surface area contributed by atoms with E-state index in [-0.39, 0.29) is 5.41 Å². The second-order valence-corrected chi connectivity index (χ2v) is 12.9. The molecule has 4 rings (SSSR count). The molecule has 3 nitrogen and oxygen atoms in total. The van der Waals surface area contributed by atoms with Crippen molar-refractivity contribution in [1.29, 1.82) is 0 Å². The van der Waals surface area contributed by atoms with Crippen molar-refractivity contribution < 1.29 is 15.3 Å². The van der Waals surface area contributed by atoms with Crippen LogP contribution in [0.3, 0.4) is 0 Å². The van der Waals surface area contributed by atoms with E-state index >= 15 is 0 Å². The molecule has 4 aliphatic rings. The minimum absolute atomic E-state index is 0.253. The molecule has 0 bridgehead atoms. The van der Waals surface area contributed by atoms with Gasteiger partial charge in [-0.25, -0.2) is 0 Å². The van der Waals surface area contributed by atoms with Gasteiger partial charge in [-0.05, 0) is 85.9 Å². The zero-order valence-corrected chi connectivity index (χ0v) is 20.2. The SMILES string of the molecule is CC(C)CCCC(C)[C@@H]1CCC2C3C[C@H](O)[C@]4(O)C[C@H](O)CC[C@@]4(C)C3CC[C@]21C. The van der Waals surface area contributed by atoms with Crippen LogP contribution in [0.4, 0.5) is 0 Å². The highest BCUT2D eigenvalue weighted by Gasteiger charge is 2.67. The van der Waals surface area contributed by atoms with Crippen LogP contribution >= 0.6 is 0 Å². The van der Waals surface area contributed by atoms with Gasteiger partial charge < -0.3 is 15.3 Å². The Morgan fingerprint density at radius 2 is 1.63 bits per heavy atom. The maximum Gasteiger partial charge on any atom is 0.0985 e. The smallest absolute Gasteiger partial charge is 0.0985 e. The van der Waals surface area contributed by atoms with Gasteiger partial charge in [0, 0.05) is 11.8 Å². The zero-order chi connectivity index (χ0) is 21.9. The third-order valence-corrected chi connectivity index (χ3v) is 11.0. The highest BCUT2D eigenvalue weighted by Crippen LogP contribution is 2.69. The summed E-state index contributed by atoms with van der Waals surface area (Å²) in [4.78, 5) is 0. The van der Waals surface area contributed by atoms with Gasteiger partial charge in [-0.3, -0.25) is 0 Å². The van der Waals surface area contributed by atoms with Crippen LogP contribution in [0.1, 0.15) is 105 Å². The first-order valence-corrected chi connectivity index (χ1v) is 13.1. The Bertz CT molecular complexity index is 619. The Labute approximate surface area is 185 Å². The van der Waals surface area contributed by atoms with Gasteiger partial charge in [-0.15, -0.1) is 0 Å². The van der Waals surface area contributed by atoms with Crippen molar-refractivity contribution in [3.8, 4) is 0 Å². The van der Waals surface area contributed by atoms with Crippen molar-refractivity contribution in [2.24, 2.45) is 46.3 Å². The Hall–Kier alpha value is -0.120. The molecular weight excluding hydrogens is 372 g/mol. The van der Waals surface area contributed by atoms with Crippen LogP contribution in [0.25, 0.3) is 0 Å². The summed E-state index contributed by atoms with van der Waals surface area (Å²) < 4.78 is 0. The van der Waals surface area contributed by atoms with Crippen LogP contribution in [-0.4, -0.2) is 33.1 Å². The van der Waals surface area contributed by atoms with Crippen molar-refractivity contribution in [2.75, 3.05) is 0 Å². The van der Waals surface area contributed by atoms with Crippen LogP contribution in [0.2, 0.25) is 0 Å². The Kier molecular flexibility index (Phi) is 6.17. The first-order valence-electron chi connectivity index (χ1n) is 13.1. The fourth-order valence-corrected chi connectivity index (χ4v) is 9.29. The van der Waals surface area contributed by atoms with E-state index in [4.69, 9.17) is 0 Å². The summed E-state index contributed by atoms with van der Waals surface area (Å²) in [5.41, 5.74) is -0.962. The topological polar surface area (TPSA) is 60.7 Å². The van der Waals surface area contributed by atoms with Gasteiger partial charge in [0.15, 0.2) is 0 Å². The number of fused-ring (bicyclic) bond motifs is 5. The number of aliphatic hydroxyl groups is 3. The summed E-state index contributed by atoms with van der Waals surface area (Å²) >= 11 is 0. The van der Waals surface area contributed by atoms with Gasteiger partial charge in [0.05, 0.1) is 17.8 Å². The molecule has 0 radical (unpaired) electrons. The third-order valence-electron chi connectivity index (χ3n) is 11.0. The lowest BCUT2D eigenvalue weighted by atomic mass is 9.42. The highest BCUT2D eigenvalue weighted by molar-refractivity contribution is 5.17. The normalized spacial score (nSPS) is 51.9. The van der Waals surface area contributed by atoms with E-state index < -0.39 is 17.8 Å². The lowest BCUT2D eigenvalue weighted by Gasteiger charge is -2.65. The summed E-state index contributed by atoms with van der Waals surface area (Å²) in [6.45, 7) is 12.0. The summed E-state index contributed by atoms with van der Waals surface area (Å²) in [6, 6.07) is 0. The molecule has 0 spiro atoms. The maximum absolute atomic E-state index is 11.6. The lowest BCUT2D eigenvalue weighted by Crippen LogP contribution is -2.68. The van der Waals surface area contributed by atoms with Crippen molar-refractivity contribution in [3.05, 3.63) is 0 Å². The molecule has 4 saturated carbocycles. The summed E-state index contributed by atoms with van der Waals surface area (Å²) in [7, 11) is 0. The summed E-state index contributed by atoms with van der Waals surface area (Å²) in [6.07, 6.45) is 10.7. The first-order chi connectivity index (χ1) is 14.0. The van der Waals surface area contributed by atoms with Crippen LogP contribution in [0.5, 0.6) is 0 Å². The fraction of sp³-hybridized carbons (Fsp3) is 1.00. The van der Waals surface area contributed by atoms with E-state index in [0.717, 1.165) is 37.0 Å². The lowest BCUT2D eigenvalue weighted by molar-refractivity contribution is -0.264. The first kappa shape index (κ1) is 23.1. The van der Waals surface area contributed by atoms with Gasteiger partial charge >= 0.3 is 0 Å². The zero-order valence-electron chi connectivity index (χ0n) is 20.2. The molecular formula is C27H48O3. The second-order valence-electron chi connectivity index (χ2n) is 12.9. The number of hydrogen-bond acceptors (Lipinski definition) is 3. The molecule has 0 aromatic heterocycles. The van der Waals surface area contributed by atoms with Gasteiger partial charge in [0.2, 0.25) is 0 Å². The molecule has 4 unspecified atom stereocenters. The molecule has 0 amide bonds. The fourth-order valence-electron chi connectivity index (χ4n) is 9.29. The largest absolute Gasteiger partial charge is 0.393 e. The molecule has 30 heavy (non-hydrogen) atoms. The number of rotatable bonds is 5. The van der Waals surface area contributed by atoms with Gasteiger partial charge in [0.25, 0.3) is 0 Å². The van der Waals surface area contributed by atoms with Crippen molar-refractivity contribution >= 4 is 0 Å². The molecule has 3 heteroatoms. The minimum atomic E-state index is -1.11. The van der Waals surface area contributed by atoms with Crippen LogP contribution in [-0.2, 0) is 0 Å². The standard InChI is InChI=1S/C27H48O3/c1-17(2)7-6-8-18(3)21-9-10-22-20-15-24(29)27(30)16-19(28)11-14-26(27,5)23(20)12-13-25(21,22)4/h17-24,28-30H,6-16H2,1-5H3/t18?,19-,20?,21+,22?,23?,24+,25+,26+,27-/m1/s1. The van der Waals surface area contributed by atoms with Gasteiger partial charge in [-0.1, -0.05) is 53.9 Å². The Morgan fingerprint density at radius 1 is 0.900 bits per heavy atom.